The van der Waals surface area contributed by atoms with E-state index in [9.17, 15) is 9.59 Å². The first-order valence-corrected chi connectivity index (χ1v) is 8.63. The molecule has 0 aliphatic rings. The number of hydrogen-bond donors (Lipinski definition) is 1. The first kappa shape index (κ1) is 17.6. The topological polar surface area (TPSA) is 64.0 Å². The van der Waals surface area contributed by atoms with Crippen LogP contribution in [0.5, 0.6) is 0 Å². The summed E-state index contributed by atoms with van der Waals surface area (Å²) in [5, 5.41) is 7.24. The predicted molar refractivity (Wildman–Crippen MR) is 103 cm³/mol. The molecule has 3 aromatic rings. The Balaban J connectivity index is 1.85. The third-order valence-electron chi connectivity index (χ3n) is 4.24. The number of nitrogens with zero attached hydrogens (tertiary/aromatic N) is 2. The number of anilines is 1. The van der Waals surface area contributed by atoms with Crippen molar-refractivity contribution >= 4 is 11.6 Å². The fourth-order valence-electron chi connectivity index (χ4n) is 2.69. The quantitative estimate of drug-likeness (QED) is 0.766. The summed E-state index contributed by atoms with van der Waals surface area (Å²) in [5.74, 6) is -0.280. The third kappa shape index (κ3) is 3.88. The van der Waals surface area contributed by atoms with Crippen LogP contribution >= 0.6 is 0 Å². The van der Waals surface area contributed by atoms with Crippen LogP contribution in [0.25, 0.3) is 11.3 Å². The molecule has 3 rings (SSSR count). The second kappa shape index (κ2) is 7.78. The van der Waals surface area contributed by atoms with Gasteiger partial charge in [-0.15, -0.1) is 0 Å². The van der Waals surface area contributed by atoms with Gasteiger partial charge in [0.05, 0.1) is 5.69 Å². The first-order chi connectivity index (χ1) is 12.6. The van der Waals surface area contributed by atoms with Crippen molar-refractivity contribution in [3.8, 4) is 11.3 Å². The standard InChI is InChI=1S/C21H21N3O2/c1-3-16-8-7-11-18(14-16)22-21(26)15(2)24-20(25)13-12-19(23-24)17-9-5-4-6-10-17/h4-15H,3H2,1-2H3,(H,22,26). The number of benzene rings is 2. The van der Waals surface area contributed by atoms with Gasteiger partial charge in [-0.2, -0.15) is 5.10 Å². The molecule has 0 spiro atoms. The first-order valence-electron chi connectivity index (χ1n) is 8.63. The van der Waals surface area contributed by atoms with E-state index < -0.39 is 6.04 Å². The van der Waals surface area contributed by atoms with E-state index >= 15 is 0 Å². The van der Waals surface area contributed by atoms with Gasteiger partial charge in [0, 0.05) is 17.3 Å². The molecule has 1 amide bonds. The predicted octanol–water partition coefficient (Wildman–Crippen LogP) is 3.67. The van der Waals surface area contributed by atoms with Gasteiger partial charge in [0.2, 0.25) is 5.91 Å². The van der Waals surface area contributed by atoms with Gasteiger partial charge in [0.15, 0.2) is 0 Å². The number of rotatable bonds is 5. The highest BCUT2D eigenvalue weighted by Crippen LogP contribution is 2.16. The Kier molecular flexibility index (Phi) is 5.27. The molecule has 1 N–H and O–H groups in total. The Morgan fingerprint density at radius 1 is 1.08 bits per heavy atom. The van der Waals surface area contributed by atoms with Crippen molar-refractivity contribution in [2.45, 2.75) is 26.3 Å². The van der Waals surface area contributed by atoms with Crippen LogP contribution in [0.2, 0.25) is 0 Å². The smallest absolute Gasteiger partial charge is 0.267 e. The molecular weight excluding hydrogens is 326 g/mol. The van der Waals surface area contributed by atoms with Crippen LogP contribution in [0.1, 0.15) is 25.5 Å². The summed E-state index contributed by atoms with van der Waals surface area (Å²) in [6.07, 6.45) is 0.888. The Hall–Kier alpha value is -3.21. The normalized spacial score (nSPS) is 11.8. The van der Waals surface area contributed by atoms with Gasteiger partial charge >= 0.3 is 0 Å². The lowest BCUT2D eigenvalue weighted by atomic mass is 10.1. The second-order valence-corrected chi connectivity index (χ2v) is 6.09. The molecule has 1 aromatic heterocycles. The molecule has 0 radical (unpaired) electrons. The van der Waals surface area contributed by atoms with E-state index in [0.717, 1.165) is 17.5 Å². The van der Waals surface area contributed by atoms with Gasteiger partial charge in [-0.1, -0.05) is 49.4 Å². The highest BCUT2D eigenvalue weighted by molar-refractivity contribution is 5.93. The summed E-state index contributed by atoms with van der Waals surface area (Å²) in [7, 11) is 0. The van der Waals surface area contributed by atoms with Gasteiger partial charge in [-0.3, -0.25) is 9.59 Å². The van der Waals surface area contributed by atoms with E-state index in [0.29, 0.717) is 11.4 Å². The Labute approximate surface area is 152 Å². The zero-order valence-corrected chi connectivity index (χ0v) is 14.8. The zero-order valence-electron chi connectivity index (χ0n) is 14.8. The van der Waals surface area contributed by atoms with Crippen molar-refractivity contribution in [1.82, 2.24) is 9.78 Å². The number of hydrogen-bond acceptors (Lipinski definition) is 3. The van der Waals surface area contributed by atoms with Crippen LogP contribution in [0.15, 0.2) is 71.5 Å². The average Bonchev–Trinajstić information content (AvgIpc) is 2.68. The third-order valence-corrected chi connectivity index (χ3v) is 4.24. The monoisotopic (exact) mass is 347 g/mol. The Morgan fingerprint density at radius 2 is 1.85 bits per heavy atom. The fraction of sp³-hybridized carbons (Fsp3) is 0.190. The maximum absolute atomic E-state index is 12.6. The summed E-state index contributed by atoms with van der Waals surface area (Å²) in [5.41, 5.74) is 3.09. The minimum Gasteiger partial charge on any atom is -0.324 e. The summed E-state index contributed by atoms with van der Waals surface area (Å²) >= 11 is 0. The maximum Gasteiger partial charge on any atom is 0.267 e. The summed E-state index contributed by atoms with van der Waals surface area (Å²) in [4.78, 5) is 24.8. The fourth-order valence-corrected chi connectivity index (χ4v) is 2.69. The van der Waals surface area contributed by atoms with Gasteiger partial charge < -0.3 is 5.32 Å². The van der Waals surface area contributed by atoms with Crippen molar-refractivity contribution in [3.63, 3.8) is 0 Å². The van der Waals surface area contributed by atoms with Gasteiger partial charge in [-0.05, 0) is 37.1 Å². The van der Waals surface area contributed by atoms with Crippen LogP contribution in [-0.4, -0.2) is 15.7 Å². The second-order valence-electron chi connectivity index (χ2n) is 6.09. The SMILES string of the molecule is CCc1cccc(NC(=O)C(C)n2nc(-c3ccccc3)ccc2=O)c1. The van der Waals surface area contributed by atoms with E-state index in [1.165, 1.54) is 10.7 Å². The largest absolute Gasteiger partial charge is 0.324 e. The molecular formula is C21H21N3O2. The van der Waals surface area contributed by atoms with Crippen molar-refractivity contribution < 1.29 is 4.79 Å². The van der Waals surface area contributed by atoms with Crippen LogP contribution in [0, 0.1) is 0 Å². The van der Waals surface area contributed by atoms with Gasteiger partial charge in [0.25, 0.3) is 5.56 Å². The average molecular weight is 347 g/mol. The van der Waals surface area contributed by atoms with Crippen molar-refractivity contribution in [2.24, 2.45) is 0 Å². The molecule has 0 saturated carbocycles. The molecule has 26 heavy (non-hydrogen) atoms. The molecule has 0 aliphatic heterocycles. The number of nitrogens with one attached hydrogen (secondary N) is 1. The molecule has 5 heteroatoms. The molecule has 0 bridgehead atoms. The molecule has 0 fully saturated rings. The number of carbonyl (C=O) groups excluding carboxylic acids is 1. The van der Waals surface area contributed by atoms with E-state index in [2.05, 4.69) is 17.3 Å². The van der Waals surface area contributed by atoms with Crippen LogP contribution in [-0.2, 0) is 11.2 Å². The van der Waals surface area contributed by atoms with Crippen molar-refractivity contribution in [2.75, 3.05) is 5.32 Å². The Bertz CT molecular complexity index is 964. The molecule has 132 valence electrons. The van der Waals surface area contributed by atoms with Crippen LogP contribution in [0.3, 0.4) is 0 Å². The summed E-state index contributed by atoms with van der Waals surface area (Å²) in [6, 6.07) is 19.6. The van der Waals surface area contributed by atoms with E-state index in [1.807, 2.05) is 54.6 Å². The van der Waals surface area contributed by atoms with Crippen molar-refractivity contribution in [1.29, 1.82) is 0 Å². The Morgan fingerprint density at radius 3 is 2.58 bits per heavy atom. The van der Waals surface area contributed by atoms with E-state index in [4.69, 9.17) is 0 Å². The minimum atomic E-state index is -0.726. The highest BCUT2D eigenvalue weighted by atomic mass is 16.2. The number of aryl methyl sites for hydroxylation is 1. The lowest BCUT2D eigenvalue weighted by molar-refractivity contribution is -0.119. The van der Waals surface area contributed by atoms with Gasteiger partial charge in [0.1, 0.15) is 6.04 Å². The zero-order chi connectivity index (χ0) is 18.5. The van der Waals surface area contributed by atoms with Gasteiger partial charge in [-0.25, -0.2) is 4.68 Å². The number of amides is 1. The molecule has 1 unspecified atom stereocenters. The minimum absolute atomic E-state index is 0.280. The number of carbonyl (C=O) groups is 1. The lowest BCUT2D eigenvalue weighted by Gasteiger charge is -2.15. The highest BCUT2D eigenvalue weighted by Gasteiger charge is 2.18. The summed E-state index contributed by atoms with van der Waals surface area (Å²) < 4.78 is 1.22. The maximum atomic E-state index is 12.6. The molecule has 5 nitrogen and oxygen atoms in total. The molecule has 0 aliphatic carbocycles. The van der Waals surface area contributed by atoms with E-state index in [-0.39, 0.29) is 11.5 Å². The van der Waals surface area contributed by atoms with E-state index in [1.54, 1.807) is 13.0 Å². The lowest BCUT2D eigenvalue weighted by Crippen LogP contribution is -2.33. The molecule has 1 atom stereocenters. The van der Waals surface area contributed by atoms with Crippen molar-refractivity contribution in [3.05, 3.63) is 82.6 Å². The summed E-state index contributed by atoms with van der Waals surface area (Å²) in [6.45, 7) is 3.73. The number of aromatic nitrogens is 2. The molecule has 0 saturated heterocycles. The van der Waals surface area contributed by atoms with Crippen LogP contribution in [0.4, 0.5) is 5.69 Å². The molecule has 1 heterocycles. The molecule has 2 aromatic carbocycles. The van der Waals surface area contributed by atoms with Crippen LogP contribution < -0.4 is 10.9 Å².